The Morgan fingerprint density at radius 2 is 2.16 bits per heavy atom. The number of nitrogens with zero attached hydrogens (tertiary/aromatic N) is 1. The fourth-order valence-electron chi connectivity index (χ4n) is 3.69. The number of halogens is 1. The summed E-state index contributed by atoms with van der Waals surface area (Å²) in [5.74, 6) is 0.647. The van der Waals surface area contributed by atoms with E-state index in [9.17, 15) is 9.50 Å². The lowest BCUT2D eigenvalue weighted by Gasteiger charge is -2.25. The van der Waals surface area contributed by atoms with Crippen molar-refractivity contribution in [3.8, 4) is 0 Å². The van der Waals surface area contributed by atoms with Crippen LogP contribution in [0.15, 0.2) is 18.2 Å². The predicted molar refractivity (Wildman–Crippen MR) is 73.4 cm³/mol. The van der Waals surface area contributed by atoms with Crippen molar-refractivity contribution in [1.29, 1.82) is 0 Å². The smallest absolute Gasteiger partial charge is 0.130 e. The third-order valence-corrected chi connectivity index (χ3v) is 4.64. The number of aliphatic hydroxyl groups excluding tert-OH is 1. The zero-order valence-electron chi connectivity index (χ0n) is 11.2. The van der Waals surface area contributed by atoms with Crippen molar-refractivity contribution in [3.63, 3.8) is 0 Å². The first-order valence-electron chi connectivity index (χ1n) is 7.05. The molecule has 2 aliphatic rings. The first-order valence-corrected chi connectivity index (χ1v) is 7.05. The molecule has 104 valence electrons. The van der Waals surface area contributed by atoms with Crippen LogP contribution < -0.4 is 10.6 Å². The van der Waals surface area contributed by atoms with Gasteiger partial charge in [0.1, 0.15) is 5.82 Å². The van der Waals surface area contributed by atoms with Gasteiger partial charge in [-0.25, -0.2) is 4.39 Å². The van der Waals surface area contributed by atoms with Crippen LogP contribution in [0.2, 0.25) is 0 Å². The predicted octanol–water partition coefficient (Wildman–Crippen LogP) is 2.05. The molecule has 3 unspecified atom stereocenters. The van der Waals surface area contributed by atoms with Gasteiger partial charge in [-0.1, -0.05) is 6.07 Å². The molecular weight excluding hydrogens is 243 g/mol. The van der Waals surface area contributed by atoms with Gasteiger partial charge in [0, 0.05) is 36.3 Å². The van der Waals surface area contributed by atoms with E-state index in [1.54, 1.807) is 6.07 Å². The van der Waals surface area contributed by atoms with Gasteiger partial charge in [-0.2, -0.15) is 0 Å². The van der Waals surface area contributed by atoms with Crippen LogP contribution in [-0.4, -0.2) is 24.3 Å². The molecule has 0 bridgehead atoms. The number of benzene rings is 1. The van der Waals surface area contributed by atoms with Gasteiger partial charge >= 0.3 is 0 Å². The summed E-state index contributed by atoms with van der Waals surface area (Å²) in [7, 11) is 0. The van der Waals surface area contributed by atoms with E-state index in [-0.39, 0.29) is 18.0 Å². The lowest BCUT2D eigenvalue weighted by atomic mass is 10.00. The molecule has 3 nitrogen and oxygen atoms in total. The maximum Gasteiger partial charge on any atom is 0.130 e. The molecule has 1 aromatic rings. The fraction of sp³-hybridized carbons (Fsp3) is 0.600. The van der Waals surface area contributed by atoms with Gasteiger partial charge in [-0.15, -0.1) is 0 Å². The lowest BCUT2D eigenvalue weighted by Crippen LogP contribution is -2.26. The third-order valence-electron chi connectivity index (χ3n) is 4.64. The minimum Gasteiger partial charge on any atom is -0.393 e. The summed E-state index contributed by atoms with van der Waals surface area (Å²) >= 11 is 0. The average molecular weight is 264 g/mol. The Morgan fingerprint density at radius 1 is 1.37 bits per heavy atom. The van der Waals surface area contributed by atoms with Crippen LogP contribution in [-0.2, 0) is 0 Å². The molecule has 1 aromatic carbocycles. The van der Waals surface area contributed by atoms with E-state index < -0.39 is 0 Å². The monoisotopic (exact) mass is 264 g/mol. The Morgan fingerprint density at radius 3 is 2.84 bits per heavy atom. The first-order chi connectivity index (χ1) is 9.08. The lowest BCUT2D eigenvalue weighted by molar-refractivity contribution is 0.133. The van der Waals surface area contributed by atoms with Crippen LogP contribution in [0.4, 0.5) is 10.1 Å². The molecule has 2 fully saturated rings. The zero-order valence-corrected chi connectivity index (χ0v) is 11.2. The van der Waals surface area contributed by atoms with Crippen LogP contribution >= 0.6 is 0 Å². The fourth-order valence-corrected chi connectivity index (χ4v) is 3.69. The second-order valence-electron chi connectivity index (χ2n) is 5.93. The molecule has 0 radical (unpaired) electrons. The number of rotatable bonds is 2. The molecule has 19 heavy (non-hydrogen) atoms. The minimum absolute atomic E-state index is 0.192. The van der Waals surface area contributed by atoms with Gasteiger partial charge in [0.25, 0.3) is 0 Å². The van der Waals surface area contributed by atoms with E-state index in [2.05, 4.69) is 4.90 Å². The van der Waals surface area contributed by atoms with Crippen molar-refractivity contribution in [1.82, 2.24) is 0 Å². The van der Waals surface area contributed by atoms with Crippen molar-refractivity contribution >= 4 is 5.69 Å². The molecule has 1 aliphatic carbocycles. The van der Waals surface area contributed by atoms with Crippen molar-refractivity contribution < 1.29 is 9.50 Å². The van der Waals surface area contributed by atoms with Crippen LogP contribution in [0.5, 0.6) is 0 Å². The molecular formula is C15H21FN2O. The third kappa shape index (κ3) is 2.13. The van der Waals surface area contributed by atoms with E-state index in [0.29, 0.717) is 17.4 Å². The van der Waals surface area contributed by atoms with Gasteiger partial charge in [-0.3, -0.25) is 0 Å². The quantitative estimate of drug-likeness (QED) is 0.859. The van der Waals surface area contributed by atoms with Crippen molar-refractivity contribution in [3.05, 3.63) is 29.6 Å². The molecule has 0 amide bonds. The van der Waals surface area contributed by atoms with Crippen LogP contribution in [0.25, 0.3) is 0 Å². The minimum atomic E-state index is -0.318. The van der Waals surface area contributed by atoms with E-state index in [4.69, 9.17) is 5.73 Å². The molecule has 4 atom stereocenters. The summed E-state index contributed by atoms with van der Waals surface area (Å²) in [6, 6.07) is 4.83. The Hall–Kier alpha value is -1.13. The van der Waals surface area contributed by atoms with Crippen LogP contribution in [0, 0.1) is 17.7 Å². The summed E-state index contributed by atoms with van der Waals surface area (Å²) in [6.45, 7) is 3.54. The summed E-state index contributed by atoms with van der Waals surface area (Å²) in [5, 5.41) is 9.97. The van der Waals surface area contributed by atoms with Gasteiger partial charge in [0.2, 0.25) is 0 Å². The van der Waals surface area contributed by atoms with Crippen LogP contribution in [0.3, 0.4) is 0 Å². The van der Waals surface area contributed by atoms with Crippen molar-refractivity contribution in [2.75, 3.05) is 18.0 Å². The van der Waals surface area contributed by atoms with Gasteiger partial charge in [0.05, 0.1) is 6.10 Å². The maximum atomic E-state index is 14.0. The Bertz CT molecular complexity index is 477. The van der Waals surface area contributed by atoms with Gasteiger partial charge in [0.15, 0.2) is 0 Å². The second-order valence-corrected chi connectivity index (χ2v) is 5.93. The highest BCUT2D eigenvalue weighted by Crippen LogP contribution is 2.41. The zero-order chi connectivity index (χ0) is 13.6. The normalized spacial score (nSPS) is 31.6. The highest BCUT2D eigenvalue weighted by Gasteiger charge is 2.42. The van der Waals surface area contributed by atoms with E-state index in [1.807, 2.05) is 13.0 Å². The molecule has 0 aromatic heterocycles. The topological polar surface area (TPSA) is 49.5 Å². The largest absolute Gasteiger partial charge is 0.393 e. The Labute approximate surface area is 113 Å². The number of hydrogen-bond donors (Lipinski definition) is 2. The highest BCUT2D eigenvalue weighted by molar-refractivity contribution is 5.56. The van der Waals surface area contributed by atoms with E-state index >= 15 is 0 Å². The second kappa shape index (κ2) is 4.76. The molecule has 1 aliphatic heterocycles. The standard InChI is InChI=1S/C15H21FN2O/c1-9(17)15-12(16)3-2-4-13(15)18-7-10-5-6-14(19)11(10)8-18/h2-4,9-11,14,19H,5-8,17H2,1H3/t9-,10?,11?,14?/m1/s1. The van der Waals surface area contributed by atoms with E-state index in [1.165, 1.54) is 6.07 Å². The summed E-state index contributed by atoms with van der Waals surface area (Å²) in [5.41, 5.74) is 7.40. The SMILES string of the molecule is C[C@@H](N)c1c(F)cccc1N1CC2CCC(O)C2C1. The molecule has 4 heteroatoms. The first kappa shape index (κ1) is 12.9. The van der Waals surface area contributed by atoms with E-state index in [0.717, 1.165) is 31.6 Å². The summed E-state index contributed by atoms with van der Waals surface area (Å²) in [4.78, 5) is 2.19. The average Bonchev–Trinajstić information content (AvgIpc) is 2.91. The van der Waals surface area contributed by atoms with Crippen LogP contribution in [0.1, 0.15) is 31.4 Å². The molecule has 1 saturated heterocycles. The number of aliphatic hydroxyl groups is 1. The van der Waals surface area contributed by atoms with Gasteiger partial charge < -0.3 is 15.7 Å². The maximum absolute atomic E-state index is 14.0. The summed E-state index contributed by atoms with van der Waals surface area (Å²) in [6.07, 6.45) is 1.79. The van der Waals surface area contributed by atoms with Gasteiger partial charge in [-0.05, 0) is 37.8 Å². The summed E-state index contributed by atoms with van der Waals surface area (Å²) < 4.78 is 14.0. The Kier molecular flexibility index (Phi) is 3.23. The highest BCUT2D eigenvalue weighted by atomic mass is 19.1. The number of fused-ring (bicyclic) bond motifs is 1. The molecule has 1 heterocycles. The van der Waals surface area contributed by atoms with Crippen molar-refractivity contribution in [2.24, 2.45) is 17.6 Å². The molecule has 0 spiro atoms. The molecule has 1 saturated carbocycles. The molecule has 3 rings (SSSR count). The number of anilines is 1. The van der Waals surface area contributed by atoms with Crippen molar-refractivity contribution in [2.45, 2.75) is 31.9 Å². The molecule has 3 N–H and O–H groups in total. The number of nitrogens with two attached hydrogens (primary N) is 1. The Balaban J connectivity index is 1.90. The number of hydrogen-bond acceptors (Lipinski definition) is 3.